The minimum Gasteiger partial charge on any atom is -0.445 e. The average Bonchev–Trinajstić information content (AvgIpc) is 2.96. The first-order valence-corrected chi connectivity index (χ1v) is 7.42. The van der Waals surface area contributed by atoms with Gasteiger partial charge in [0.05, 0.1) is 12.6 Å². The summed E-state index contributed by atoms with van der Waals surface area (Å²) in [5, 5.41) is 10.2. The summed E-state index contributed by atoms with van der Waals surface area (Å²) >= 11 is 0. The topological polar surface area (TPSA) is 49.8 Å². The highest BCUT2D eigenvalue weighted by Crippen LogP contribution is 2.27. The minimum absolute atomic E-state index is 0.0505. The molecule has 1 aliphatic heterocycles. The molecule has 1 heterocycles. The fraction of sp³-hybridized carbons (Fsp3) is 0.278. The van der Waals surface area contributed by atoms with E-state index in [0.717, 1.165) is 11.1 Å². The molecule has 22 heavy (non-hydrogen) atoms. The highest BCUT2D eigenvalue weighted by atomic mass is 16.6. The van der Waals surface area contributed by atoms with Gasteiger partial charge in [-0.3, -0.25) is 0 Å². The van der Waals surface area contributed by atoms with Gasteiger partial charge in [-0.1, -0.05) is 60.7 Å². The molecule has 0 saturated carbocycles. The number of benzene rings is 2. The molecular formula is C18H19NO3. The van der Waals surface area contributed by atoms with Crippen molar-refractivity contribution in [1.29, 1.82) is 0 Å². The molecule has 0 spiro atoms. The van der Waals surface area contributed by atoms with Crippen LogP contribution in [0.5, 0.6) is 0 Å². The molecule has 1 N–H and O–H groups in total. The zero-order valence-electron chi connectivity index (χ0n) is 12.3. The normalized spacial score (nSPS) is 20.9. The Morgan fingerprint density at radius 2 is 1.68 bits per heavy atom. The number of carbonyl (C=O) groups is 1. The van der Waals surface area contributed by atoms with Gasteiger partial charge in [0.15, 0.2) is 0 Å². The summed E-state index contributed by atoms with van der Waals surface area (Å²) in [7, 11) is 0. The Morgan fingerprint density at radius 1 is 1.05 bits per heavy atom. The number of rotatable bonds is 3. The second kappa shape index (κ2) is 6.62. The Bertz CT molecular complexity index is 615. The van der Waals surface area contributed by atoms with Crippen LogP contribution in [0.2, 0.25) is 0 Å². The number of amides is 1. The first-order valence-electron chi connectivity index (χ1n) is 7.42. The molecule has 0 unspecified atom stereocenters. The van der Waals surface area contributed by atoms with E-state index in [1.807, 2.05) is 60.7 Å². The predicted molar refractivity (Wildman–Crippen MR) is 83.4 cm³/mol. The number of aliphatic hydroxyl groups excluding tert-OH is 1. The van der Waals surface area contributed by atoms with Crippen LogP contribution in [0.3, 0.4) is 0 Å². The van der Waals surface area contributed by atoms with Crippen LogP contribution in [0.4, 0.5) is 4.79 Å². The van der Waals surface area contributed by atoms with Crippen molar-refractivity contribution in [1.82, 2.24) is 4.90 Å². The Balaban J connectivity index is 1.58. The van der Waals surface area contributed by atoms with Crippen molar-refractivity contribution in [2.45, 2.75) is 18.6 Å². The van der Waals surface area contributed by atoms with E-state index in [4.69, 9.17) is 4.74 Å². The van der Waals surface area contributed by atoms with Gasteiger partial charge in [-0.05, 0) is 11.1 Å². The van der Waals surface area contributed by atoms with E-state index in [0.29, 0.717) is 13.1 Å². The van der Waals surface area contributed by atoms with Crippen molar-refractivity contribution in [3.8, 4) is 0 Å². The van der Waals surface area contributed by atoms with E-state index in [9.17, 15) is 9.90 Å². The summed E-state index contributed by atoms with van der Waals surface area (Å²) in [5.74, 6) is -0.0505. The van der Waals surface area contributed by atoms with Gasteiger partial charge in [-0.2, -0.15) is 0 Å². The minimum atomic E-state index is -0.549. The third-order valence-electron chi connectivity index (χ3n) is 3.98. The SMILES string of the molecule is O=C(OCc1ccccc1)N1C[C@H](c2ccccc2)[C@@H](O)C1. The molecule has 0 aromatic heterocycles. The van der Waals surface area contributed by atoms with Gasteiger partial charge in [-0.15, -0.1) is 0 Å². The summed E-state index contributed by atoms with van der Waals surface area (Å²) in [6, 6.07) is 19.4. The van der Waals surface area contributed by atoms with Crippen molar-refractivity contribution in [2.75, 3.05) is 13.1 Å². The summed E-state index contributed by atoms with van der Waals surface area (Å²) in [6.45, 7) is 1.05. The fourth-order valence-corrected chi connectivity index (χ4v) is 2.77. The highest BCUT2D eigenvalue weighted by molar-refractivity contribution is 5.68. The van der Waals surface area contributed by atoms with Crippen LogP contribution in [0.25, 0.3) is 0 Å². The van der Waals surface area contributed by atoms with Gasteiger partial charge in [0, 0.05) is 12.5 Å². The quantitative estimate of drug-likeness (QED) is 0.947. The Morgan fingerprint density at radius 3 is 2.36 bits per heavy atom. The summed E-state index contributed by atoms with van der Waals surface area (Å²) in [4.78, 5) is 13.7. The zero-order valence-corrected chi connectivity index (χ0v) is 12.3. The summed E-state index contributed by atoms with van der Waals surface area (Å²) in [6.07, 6.45) is -0.923. The number of ether oxygens (including phenoxy) is 1. The van der Waals surface area contributed by atoms with Crippen LogP contribution < -0.4 is 0 Å². The standard InChI is InChI=1S/C18H19NO3/c20-17-12-19(11-16(17)15-9-5-2-6-10-15)18(21)22-13-14-7-3-1-4-8-14/h1-10,16-17,20H,11-13H2/t16-,17+/m1/s1. The number of hydrogen-bond donors (Lipinski definition) is 1. The van der Waals surface area contributed by atoms with E-state index in [2.05, 4.69) is 0 Å². The zero-order chi connectivity index (χ0) is 15.4. The number of hydrogen-bond acceptors (Lipinski definition) is 3. The van der Waals surface area contributed by atoms with Gasteiger partial charge >= 0.3 is 6.09 Å². The van der Waals surface area contributed by atoms with Crippen LogP contribution in [0.1, 0.15) is 17.0 Å². The van der Waals surface area contributed by atoms with E-state index in [1.165, 1.54) is 0 Å². The Hall–Kier alpha value is -2.33. The first-order chi connectivity index (χ1) is 10.7. The molecule has 1 saturated heterocycles. The third-order valence-corrected chi connectivity index (χ3v) is 3.98. The van der Waals surface area contributed by atoms with Crippen molar-refractivity contribution >= 4 is 6.09 Å². The molecule has 114 valence electrons. The van der Waals surface area contributed by atoms with Gasteiger partial charge in [-0.25, -0.2) is 4.79 Å². The molecule has 1 aliphatic rings. The smallest absolute Gasteiger partial charge is 0.410 e. The lowest BCUT2D eigenvalue weighted by Crippen LogP contribution is -2.30. The highest BCUT2D eigenvalue weighted by Gasteiger charge is 2.35. The van der Waals surface area contributed by atoms with Crippen molar-refractivity contribution < 1.29 is 14.6 Å². The Labute approximate surface area is 130 Å². The lowest BCUT2D eigenvalue weighted by molar-refractivity contribution is 0.0970. The van der Waals surface area contributed by atoms with Crippen molar-refractivity contribution in [3.63, 3.8) is 0 Å². The maximum absolute atomic E-state index is 12.1. The third kappa shape index (κ3) is 3.28. The number of carbonyl (C=O) groups excluding carboxylic acids is 1. The summed E-state index contributed by atoms with van der Waals surface area (Å²) in [5.41, 5.74) is 2.00. The molecule has 4 heteroatoms. The van der Waals surface area contributed by atoms with Gasteiger partial charge in [0.25, 0.3) is 0 Å². The maximum atomic E-state index is 12.1. The van der Waals surface area contributed by atoms with E-state index < -0.39 is 6.10 Å². The monoisotopic (exact) mass is 297 g/mol. The lowest BCUT2D eigenvalue weighted by atomic mass is 9.96. The number of likely N-dealkylation sites (tertiary alicyclic amines) is 1. The Kier molecular flexibility index (Phi) is 4.39. The molecule has 2 aromatic carbocycles. The predicted octanol–water partition coefficient (Wildman–Crippen LogP) is 2.78. The van der Waals surface area contributed by atoms with Crippen molar-refractivity contribution in [2.24, 2.45) is 0 Å². The fourth-order valence-electron chi connectivity index (χ4n) is 2.77. The molecule has 2 aromatic rings. The van der Waals surface area contributed by atoms with E-state index in [-0.39, 0.29) is 18.6 Å². The first kappa shape index (κ1) is 14.6. The molecular weight excluding hydrogens is 278 g/mol. The van der Waals surface area contributed by atoms with Crippen LogP contribution in [0.15, 0.2) is 60.7 Å². The summed E-state index contributed by atoms with van der Waals surface area (Å²) < 4.78 is 5.32. The number of nitrogens with zero attached hydrogens (tertiary/aromatic N) is 1. The molecule has 0 radical (unpaired) electrons. The van der Waals surface area contributed by atoms with Crippen LogP contribution >= 0.6 is 0 Å². The van der Waals surface area contributed by atoms with Crippen LogP contribution in [0, 0.1) is 0 Å². The largest absolute Gasteiger partial charge is 0.445 e. The molecule has 0 aliphatic carbocycles. The molecule has 1 amide bonds. The molecule has 0 bridgehead atoms. The number of aliphatic hydroxyl groups is 1. The lowest BCUT2D eigenvalue weighted by Gasteiger charge is -2.16. The molecule has 4 nitrogen and oxygen atoms in total. The van der Waals surface area contributed by atoms with Crippen LogP contribution in [-0.2, 0) is 11.3 Å². The second-order valence-corrected chi connectivity index (χ2v) is 5.53. The molecule has 2 atom stereocenters. The number of β-amino-alcohol motifs (C(OH)–C–C–N with tert-alkyl or cyclic N) is 1. The molecule has 1 fully saturated rings. The van der Waals surface area contributed by atoms with E-state index in [1.54, 1.807) is 4.90 Å². The van der Waals surface area contributed by atoms with Crippen LogP contribution in [-0.4, -0.2) is 35.3 Å². The van der Waals surface area contributed by atoms with Gasteiger partial charge in [0.2, 0.25) is 0 Å². The second-order valence-electron chi connectivity index (χ2n) is 5.53. The van der Waals surface area contributed by atoms with Gasteiger partial charge < -0.3 is 14.7 Å². The average molecular weight is 297 g/mol. The van der Waals surface area contributed by atoms with Gasteiger partial charge in [0.1, 0.15) is 6.61 Å². The maximum Gasteiger partial charge on any atom is 0.410 e. The van der Waals surface area contributed by atoms with Crippen molar-refractivity contribution in [3.05, 3.63) is 71.8 Å². The molecule has 3 rings (SSSR count). The van der Waals surface area contributed by atoms with E-state index >= 15 is 0 Å².